The molecule has 0 saturated heterocycles. The summed E-state index contributed by atoms with van der Waals surface area (Å²) >= 11 is 0. The Labute approximate surface area is 172 Å². The Bertz CT molecular complexity index is 531. The number of allylic oxidation sites excluding steroid dienone is 1. The van der Waals surface area contributed by atoms with Crippen LogP contribution in [0.5, 0.6) is 0 Å². The molecule has 168 valence electrons. The highest BCUT2D eigenvalue weighted by molar-refractivity contribution is 5.84. The summed E-state index contributed by atoms with van der Waals surface area (Å²) in [6.07, 6.45) is 7.37. The number of aliphatic carboxylic acids is 2. The number of Topliss-reactive ketones (excluding diaryl/α,β-unsaturated/α-hetero) is 1. The van der Waals surface area contributed by atoms with Gasteiger partial charge in [-0.05, 0) is 25.7 Å². The molecule has 0 amide bonds. The summed E-state index contributed by atoms with van der Waals surface area (Å²) in [7, 11) is 0. The molecular weight excluding hydrogens is 380 g/mol. The van der Waals surface area contributed by atoms with Crippen molar-refractivity contribution in [2.24, 2.45) is 0 Å². The number of hydrogen-bond acceptors (Lipinski definition) is 6. The van der Waals surface area contributed by atoms with Crippen molar-refractivity contribution in [3.63, 3.8) is 0 Å². The number of rotatable bonds is 18. The number of ketones is 1. The van der Waals surface area contributed by atoms with Crippen LogP contribution in [0.3, 0.4) is 0 Å². The fourth-order valence-electron chi connectivity index (χ4n) is 2.93. The van der Waals surface area contributed by atoms with E-state index in [1.807, 2.05) is 0 Å². The van der Waals surface area contributed by atoms with Gasteiger partial charge >= 0.3 is 11.9 Å². The molecule has 0 aliphatic heterocycles. The van der Waals surface area contributed by atoms with Gasteiger partial charge in [-0.1, -0.05) is 57.6 Å². The summed E-state index contributed by atoms with van der Waals surface area (Å²) in [6.45, 7) is 2.11. The maximum absolute atomic E-state index is 11.8. The largest absolute Gasteiger partial charge is 0.481 e. The first-order valence-corrected chi connectivity index (χ1v) is 10.4. The second-order valence-corrected chi connectivity index (χ2v) is 7.46. The van der Waals surface area contributed by atoms with Crippen LogP contribution in [0.2, 0.25) is 0 Å². The van der Waals surface area contributed by atoms with Crippen LogP contribution in [0.4, 0.5) is 0 Å². The van der Waals surface area contributed by atoms with E-state index < -0.39 is 36.2 Å². The molecule has 0 radical (unpaired) electrons. The minimum absolute atomic E-state index is 0.115. The number of carboxylic acids is 2. The normalized spacial score (nSPS) is 15.7. The van der Waals surface area contributed by atoms with E-state index in [-0.39, 0.29) is 5.78 Å². The highest BCUT2D eigenvalue weighted by Gasteiger charge is 2.44. The van der Waals surface area contributed by atoms with E-state index in [1.165, 1.54) is 6.08 Å². The van der Waals surface area contributed by atoms with Gasteiger partial charge in [-0.15, -0.1) is 0 Å². The van der Waals surface area contributed by atoms with Crippen molar-refractivity contribution in [3.05, 3.63) is 12.2 Å². The molecule has 3 atom stereocenters. The first kappa shape index (κ1) is 27.2. The monoisotopic (exact) mass is 416 g/mol. The number of aliphatic hydroxyl groups excluding tert-OH is 2. The Balaban J connectivity index is 3.99. The zero-order valence-corrected chi connectivity index (χ0v) is 17.3. The second-order valence-electron chi connectivity index (χ2n) is 7.46. The van der Waals surface area contributed by atoms with Gasteiger partial charge in [0.1, 0.15) is 12.2 Å². The van der Waals surface area contributed by atoms with Gasteiger partial charge in [-0.3, -0.25) is 9.59 Å². The molecule has 0 saturated carbocycles. The van der Waals surface area contributed by atoms with Crippen molar-refractivity contribution in [1.29, 1.82) is 0 Å². The average Bonchev–Trinajstić information content (AvgIpc) is 2.65. The molecule has 1 unspecified atom stereocenters. The van der Waals surface area contributed by atoms with E-state index in [0.29, 0.717) is 25.7 Å². The lowest BCUT2D eigenvalue weighted by Gasteiger charge is -2.24. The summed E-state index contributed by atoms with van der Waals surface area (Å²) < 4.78 is 0. The third kappa shape index (κ3) is 11.7. The molecule has 0 aromatic rings. The van der Waals surface area contributed by atoms with Crippen LogP contribution < -0.4 is 0 Å². The van der Waals surface area contributed by atoms with Crippen LogP contribution in [0.15, 0.2) is 12.2 Å². The van der Waals surface area contributed by atoms with Gasteiger partial charge in [0.15, 0.2) is 5.78 Å². The Kier molecular flexibility index (Phi) is 14.2. The summed E-state index contributed by atoms with van der Waals surface area (Å²) in [4.78, 5) is 33.6. The van der Waals surface area contributed by atoms with Crippen molar-refractivity contribution >= 4 is 17.7 Å². The van der Waals surface area contributed by atoms with Gasteiger partial charge in [0.25, 0.3) is 0 Å². The fraction of sp³-hybridized carbons (Fsp3) is 0.762. The molecule has 0 aliphatic rings. The molecule has 8 heteroatoms. The lowest BCUT2D eigenvalue weighted by molar-refractivity contribution is -0.174. The summed E-state index contributed by atoms with van der Waals surface area (Å²) in [5.74, 6) is -3.44. The van der Waals surface area contributed by atoms with E-state index >= 15 is 0 Å². The maximum atomic E-state index is 11.8. The fourth-order valence-corrected chi connectivity index (χ4v) is 2.93. The first-order chi connectivity index (χ1) is 13.6. The number of hydrogen-bond donors (Lipinski definition) is 5. The zero-order valence-electron chi connectivity index (χ0n) is 17.3. The van der Waals surface area contributed by atoms with Crippen molar-refractivity contribution in [2.75, 3.05) is 0 Å². The van der Waals surface area contributed by atoms with Crippen LogP contribution in [-0.4, -0.2) is 61.1 Å². The molecule has 0 spiro atoms. The molecule has 0 aromatic heterocycles. The van der Waals surface area contributed by atoms with Crippen molar-refractivity contribution in [1.82, 2.24) is 0 Å². The third-order valence-corrected chi connectivity index (χ3v) is 4.85. The van der Waals surface area contributed by atoms with Crippen molar-refractivity contribution in [3.8, 4) is 0 Å². The lowest BCUT2D eigenvalue weighted by atomic mass is 9.92. The van der Waals surface area contributed by atoms with E-state index in [4.69, 9.17) is 10.2 Å². The Morgan fingerprint density at radius 2 is 1.55 bits per heavy atom. The SMILES string of the molecule is CCCCCCC(O)C(=O)CCCCCC/C=C/[C@H](O)[C@@](O)(CC(=O)O)C(=O)O. The van der Waals surface area contributed by atoms with Gasteiger partial charge in [0.2, 0.25) is 5.60 Å². The molecule has 0 aliphatic carbocycles. The molecule has 0 heterocycles. The summed E-state index contributed by atoms with van der Waals surface area (Å²) in [5.41, 5.74) is -2.76. The smallest absolute Gasteiger partial charge is 0.339 e. The van der Waals surface area contributed by atoms with E-state index in [2.05, 4.69) is 6.92 Å². The first-order valence-electron chi connectivity index (χ1n) is 10.4. The molecule has 8 nitrogen and oxygen atoms in total. The van der Waals surface area contributed by atoms with Crippen molar-refractivity contribution < 1.29 is 39.9 Å². The van der Waals surface area contributed by atoms with Crippen molar-refractivity contribution in [2.45, 2.75) is 102 Å². The molecule has 5 N–H and O–H groups in total. The van der Waals surface area contributed by atoms with E-state index in [1.54, 1.807) is 0 Å². The van der Waals surface area contributed by atoms with Crippen LogP contribution in [-0.2, 0) is 14.4 Å². The van der Waals surface area contributed by atoms with Gasteiger partial charge in [0.05, 0.1) is 6.42 Å². The van der Waals surface area contributed by atoms with Crippen LogP contribution in [0.25, 0.3) is 0 Å². The third-order valence-electron chi connectivity index (χ3n) is 4.85. The summed E-state index contributed by atoms with van der Waals surface area (Å²) in [6, 6.07) is 0. The minimum atomic E-state index is -2.76. The topological polar surface area (TPSA) is 152 Å². The number of aliphatic hydroxyl groups is 3. The molecule has 0 bridgehead atoms. The van der Waals surface area contributed by atoms with E-state index in [9.17, 15) is 29.7 Å². The number of unbranched alkanes of at least 4 members (excludes halogenated alkanes) is 7. The average molecular weight is 417 g/mol. The van der Waals surface area contributed by atoms with Crippen LogP contribution in [0, 0.1) is 0 Å². The molecule has 0 fully saturated rings. The molecule has 0 rings (SSSR count). The number of carbonyl (C=O) groups is 3. The highest BCUT2D eigenvalue weighted by Crippen LogP contribution is 2.18. The van der Waals surface area contributed by atoms with Gasteiger partial charge < -0.3 is 25.5 Å². The Morgan fingerprint density at radius 3 is 2.14 bits per heavy atom. The number of carbonyl (C=O) groups excluding carboxylic acids is 1. The van der Waals surface area contributed by atoms with Gasteiger partial charge in [0, 0.05) is 6.42 Å². The number of carboxylic acid groups (broad SMARTS) is 2. The molecule has 29 heavy (non-hydrogen) atoms. The van der Waals surface area contributed by atoms with Gasteiger partial charge in [-0.2, -0.15) is 0 Å². The lowest BCUT2D eigenvalue weighted by Crippen LogP contribution is -2.50. The second kappa shape index (κ2) is 15.1. The Morgan fingerprint density at radius 1 is 0.931 bits per heavy atom. The molecule has 0 aromatic carbocycles. The van der Waals surface area contributed by atoms with Crippen LogP contribution >= 0.6 is 0 Å². The highest BCUT2D eigenvalue weighted by atomic mass is 16.4. The minimum Gasteiger partial charge on any atom is -0.481 e. The Hall–Kier alpha value is -1.77. The van der Waals surface area contributed by atoms with Gasteiger partial charge in [-0.25, -0.2) is 4.79 Å². The zero-order chi connectivity index (χ0) is 22.3. The predicted octanol–water partition coefficient (Wildman–Crippen LogP) is 2.43. The van der Waals surface area contributed by atoms with Crippen LogP contribution in [0.1, 0.15) is 84.0 Å². The molecular formula is C21H36O8. The predicted molar refractivity (Wildman–Crippen MR) is 107 cm³/mol. The van der Waals surface area contributed by atoms with E-state index in [0.717, 1.165) is 51.0 Å². The standard InChI is InChI=1S/C21H36O8/c1-2-3-4-9-12-16(22)17(23)13-10-7-5-6-8-11-14-18(24)21(29,20(27)28)15-19(25)26/h11,14,16,18,22,24,29H,2-10,12-13,15H2,1H3,(H,25,26)(H,27,28)/b14-11+/t16?,18-,21-/m0/s1. The quantitative estimate of drug-likeness (QED) is 0.169. The maximum Gasteiger partial charge on any atom is 0.339 e. The summed E-state index contributed by atoms with van der Waals surface area (Å²) in [5, 5.41) is 47.1.